The Morgan fingerprint density at radius 3 is 2.54 bits per heavy atom. The maximum Gasteiger partial charge on any atom is 0.115 e. The SMILES string of the molecule is Oc1ccc(CSCCCCl)cc1. The van der Waals surface area contributed by atoms with Gasteiger partial charge in [-0.15, -0.1) is 11.6 Å². The quantitative estimate of drug-likeness (QED) is 0.602. The van der Waals surface area contributed by atoms with Crippen molar-refractivity contribution in [3.63, 3.8) is 0 Å². The Morgan fingerprint density at radius 1 is 1.23 bits per heavy atom. The number of alkyl halides is 1. The van der Waals surface area contributed by atoms with Gasteiger partial charge < -0.3 is 5.11 Å². The van der Waals surface area contributed by atoms with Crippen molar-refractivity contribution in [1.29, 1.82) is 0 Å². The van der Waals surface area contributed by atoms with Crippen LogP contribution in [-0.4, -0.2) is 16.7 Å². The monoisotopic (exact) mass is 216 g/mol. The summed E-state index contributed by atoms with van der Waals surface area (Å²) in [6, 6.07) is 7.33. The predicted molar refractivity (Wildman–Crippen MR) is 59.6 cm³/mol. The summed E-state index contributed by atoms with van der Waals surface area (Å²) < 4.78 is 0. The smallest absolute Gasteiger partial charge is 0.115 e. The molecule has 0 unspecified atom stereocenters. The first-order valence-electron chi connectivity index (χ1n) is 4.24. The van der Waals surface area contributed by atoms with Crippen LogP contribution in [0.2, 0.25) is 0 Å². The van der Waals surface area contributed by atoms with Crippen molar-refractivity contribution >= 4 is 23.4 Å². The molecule has 1 N–H and O–H groups in total. The van der Waals surface area contributed by atoms with Crippen LogP contribution in [0.25, 0.3) is 0 Å². The third-order valence-electron chi connectivity index (χ3n) is 1.63. The second kappa shape index (κ2) is 6.17. The highest BCUT2D eigenvalue weighted by Gasteiger charge is 1.93. The molecule has 0 amide bonds. The van der Waals surface area contributed by atoms with Gasteiger partial charge in [0.15, 0.2) is 0 Å². The van der Waals surface area contributed by atoms with Crippen molar-refractivity contribution in [2.75, 3.05) is 11.6 Å². The van der Waals surface area contributed by atoms with E-state index in [1.165, 1.54) is 5.56 Å². The molecule has 1 nitrogen and oxygen atoms in total. The molecule has 1 aromatic rings. The highest BCUT2D eigenvalue weighted by Crippen LogP contribution is 2.16. The molecule has 0 saturated carbocycles. The van der Waals surface area contributed by atoms with Crippen LogP contribution in [0.1, 0.15) is 12.0 Å². The van der Waals surface area contributed by atoms with Gasteiger partial charge in [0.05, 0.1) is 0 Å². The van der Waals surface area contributed by atoms with Crippen LogP contribution in [0.15, 0.2) is 24.3 Å². The van der Waals surface area contributed by atoms with Gasteiger partial charge in [-0.2, -0.15) is 11.8 Å². The molecule has 1 aromatic carbocycles. The Hall–Kier alpha value is -0.340. The number of thioether (sulfide) groups is 1. The summed E-state index contributed by atoms with van der Waals surface area (Å²) in [7, 11) is 0. The molecular weight excluding hydrogens is 204 g/mol. The van der Waals surface area contributed by atoms with E-state index in [2.05, 4.69) is 0 Å². The van der Waals surface area contributed by atoms with Crippen LogP contribution in [0, 0.1) is 0 Å². The largest absolute Gasteiger partial charge is 0.508 e. The Bertz CT molecular complexity index is 235. The van der Waals surface area contributed by atoms with Crippen molar-refractivity contribution in [1.82, 2.24) is 0 Å². The third kappa shape index (κ3) is 4.44. The number of benzene rings is 1. The molecule has 0 bridgehead atoms. The van der Waals surface area contributed by atoms with Gasteiger partial charge in [-0.1, -0.05) is 12.1 Å². The molecule has 0 aliphatic rings. The molecule has 13 heavy (non-hydrogen) atoms. The van der Waals surface area contributed by atoms with Gasteiger partial charge in [-0.05, 0) is 29.9 Å². The number of hydrogen-bond acceptors (Lipinski definition) is 2. The van der Waals surface area contributed by atoms with Crippen molar-refractivity contribution in [3.8, 4) is 5.75 Å². The molecule has 0 heterocycles. The second-order valence-corrected chi connectivity index (χ2v) is 4.24. The average Bonchev–Trinajstić information content (AvgIpc) is 2.15. The first-order chi connectivity index (χ1) is 6.33. The first kappa shape index (κ1) is 10.7. The molecule has 3 heteroatoms. The number of phenols is 1. The predicted octanol–water partition coefficient (Wildman–Crippen LogP) is 3.25. The van der Waals surface area contributed by atoms with E-state index in [4.69, 9.17) is 16.7 Å². The number of rotatable bonds is 5. The lowest BCUT2D eigenvalue weighted by Gasteiger charge is -2.00. The summed E-state index contributed by atoms with van der Waals surface area (Å²) in [5.41, 5.74) is 1.25. The molecule has 0 aliphatic carbocycles. The van der Waals surface area contributed by atoms with Crippen LogP contribution in [0.5, 0.6) is 5.75 Å². The topological polar surface area (TPSA) is 20.2 Å². The number of aromatic hydroxyl groups is 1. The minimum absolute atomic E-state index is 0.328. The summed E-state index contributed by atoms with van der Waals surface area (Å²) in [4.78, 5) is 0. The van der Waals surface area contributed by atoms with Gasteiger partial charge in [0.1, 0.15) is 5.75 Å². The van der Waals surface area contributed by atoms with Gasteiger partial charge >= 0.3 is 0 Å². The molecule has 0 aromatic heterocycles. The van der Waals surface area contributed by atoms with E-state index in [0.717, 1.165) is 23.8 Å². The molecule has 0 saturated heterocycles. The number of halogens is 1. The maximum atomic E-state index is 9.04. The van der Waals surface area contributed by atoms with Crippen LogP contribution < -0.4 is 0 Å². The third-order valence-corrected chi connectivity index (χ3v) is 3.01. The van der Waals surface area contributed by atoms with E-state index >= 15 is 0 Å². The standard InChI is InChI=1S/C10H13ClOS/c11-6-1-7-13-8-9-2-4-10(12)5-3-9/h2-5,12H,1,6-8H2. The van der Waals surface area contributed by atoms with Gasteiger partial charge in [0.25, 0.3) is 0 Å². The highest BCUT2D eigenvalue weighted by molar-refractivity contribution is 7.98. The summed E-state index contributed by atoms with van der Waals surface area (Å²) in [6.45, 7) is 0. The fourth-order valence-corrected chi connectivity index (χ4v) is 2.15. The molecule has 0 spiro atoms. The van der Waals surface area contributed by atoms with Crippen molar-refractivity contribution in [2.45, 2.75) is 12.2 Å². The fourth-order valence-electron chi connectivity index (χ4n) is 0.939. The summed E-state index contributed by atoms with van der Waals surface area (Å²) in [5.74, 6) is 3.17. The molecule has 0 aliphatic heterocycles. The molecule has 1 rings (SSSR count). The van der Waals surface area contributed by atoms with E-state index in [-0.39, 0.29) is 0 Å². The number of phenolic OH excluding ortho intramolecular Hbond substituents is 1. The summed E-state index contributed by atoms with van der Waals surface area (Å²) in [6.07, 6.45) is 1.06. The lowest BCUT2D eigenvalue weighted by Crippen LogP contribution is -1.83. The fraction of sp³-hybridized carbons (Fsp3) is 0.400. The Kier molecular flexibility index (Phi) is 5.09. The van der Waals surface area contributed by atoms with Crippen molar-refractivity contribution in [2.24, 2.45) is 0 Å². The minimum Gasteiger partial charge on any atom is -0.508 e. The first-order valence-corrected chi connectivity index (χ1v) is 5.93. The van der Waals surface area contributed by atoms with Crippen molar-refractivity contribution in [3.05, 3.63) is 29.8 Å². The normalized spacial score (nSPS) is 10.2. The summed E-state index contributed by atoms with van der Waals surface area (Å²) >= 11 is 7.43. The van der Waals surface area contributed by atoms with Crippen LogP contribution in [0.3, 0.4) is 0 Å². The van der Waals surface area contributed by atoms with E-state index in [0.29, 0.717) is 5.75 Å². The summed E-state index contributed by atoms with van der Waals surface area (Å²) in [5, 5.41) is 9.04. The maximum absolute atomic E-state index is 9.04. The lowest BCUT2D eigenvalue weighted by molar-refractivity contribution is 0.475. The molecular formula is C10H13ClOS. The minimum atomic E-state index is 0.328. The van der Waals surface area contributed by atoms with E-state index in [1.54, 1.807) is 12.1 Å². The Balaban J connectivity index is 2.25. The van der Waals surface area contributed by atoms with Crippen LogP contribution >= 0.6 is 23.4 Å². The van der Waals surface area contributed by atoms with Gasteiger partial charge in [0, 0.05) is 11.6 Å². The van der Waals surface area contributed by atoms with Crippen molar-refractivity contribution < 1.29 is 5.11 Å². The second-order valence-electron chi connectivity index (χ2n) is 2.76. The Labute approximate surface area is 88.1 Å². The molecule has 0 fully saturated rings. The van der Waals surface area contributed by atoms with Gasteiger partial charge in [-0.3, -0.25) is 0 Å². The molecule has 72 valence electrons. The van der Waals surface area contributed by atoms with E-state index < -0.39 is 0 Å². The van der Waals surface area contributed by atoms with Crippen LogP contribution in [-0.2, 0) is 5.75 Å². The molecule has 0 radical (unpaired) electrons. The zero-order chi connectivity index (χ0) is 9.52. The van der Waals surface area contributed by atoms with E-state index in [9.17, 15) is 0 Å². The average molecular weight is 217 g/mol. The Morgan fingerprint density at radius 2 is 1.92 bits per heavy atom. The lowest BCUT2D eigenvalue weighted by atomic mass is 10.2. The van der Waals surface area contributed by atoms with Gasteiger partial charge in [-0.25, -0.2) is 0 Å². The van der Waals surface area contributed by atoms with Gasteiger partial charge in [0.2, 0.25) is 0 Å². The molecule has 0 atom stereocenters. The van der Waals surface area contributed by atoms with E-state index in [1.807, 2.05) is 23.9 Å². The van der Waals surface area contributed by atoms with Crippen LogP contribution in [0.4, 0.5) is 0 Å². The highest BCUT2D eigenvalue weighted by atomic mass is 35.5. The zero-order valence-electron chi connectivity index (χ0n) is 7.37. The number of hydrogen-bond donors (Lipinski definition) is 1. The zero-order valence-corrected chi connectivity index (χ0v) is 8.94.